The fourth-order valence-electron chi connectivity index (χ4n) is 3.39. The molecule has 0 aliphatic carbocycles. The lowest BCUT2D eigenvalue weighted by Crippen LogP contribution is -2.32. The summed E-state index contributed by atoms with van der Waals surface area (Å²) in [5.41, 5.74) is 5.71. The van der Waals surface area contributed by atoms with Crippen LogP contribution in [0, 0.1) is 5.92 Å². The van der Waals surface area contributed by atoms with Crippen molar-refractivity contribution in [3.8, 4) is 11.6 Å². The molecule has 0 saturated carbocycles. The largest absolute Gasteiger partial charge is 0.496 e. The average molecular weight is 373 g/mol. The Hall–Kier alpha value is -2.87. The molecule has 1 aromatic heterocycles. The molecule has 1 fully saturated rings. The van der Waals surface area contributed by atoms with E-state index in [2.05, 4.69) is 10.3 Å². The first kappa shape index (κ1) is 18.9. The number of pyridine rings is 1. The van der Waals surface area contributed by atoms with E-state index in [1.54, 1.807) is 31.5 Å². The summed E-state index contributed by atoms with van der Waals surface area (Å²) in [5.74, 6) is 0.429. The first-order valence-corrected chi connectivity index (χ1v) is 8.71. The van der Waals surface area contributed by atoms with Crippen LogP contribution in [0.25, 0.3) is 10.8 Å². The van der Waals surface area contributed by atoms with Crippen LogP contribution in [0.15, 0.2) is 24.4 Å². The summed E-state index contributed by atoms with van der Waals surface area (Å²) in [6.45, 7) is 0.917. The third-order valence-corrected chi connectivity index (χ3v) is 4.72. The molecule has 2 heterocycles. The summed E-state index contributed by atoms with van der Waals surface area (Å²) < 4.78 is 16.3. The second-order valence-corrected chi connectivity index (χ2v) is 6.48. The van der Waals surface area contributed by atoms with Gasteiger partial charge in [-0.2, -0.15) is 0 Å². The number of nitrogens with two attached hydrogens (primary N) is 1. The number of hydrogen-bond donors (Lipinski definition) is 2. The van der Waals surface area contributed by atoms with Crippen molar-refractivity contribution >= 4 is 22.6 Å². The molecule has 8 nitrogen and oxygen atoms in total. The lowest BCUT2D eigenvalue weighted by molar-refractivity contribution is -0.119. The molecule has 3 rings (SSSR count). The number of benzene rings is 1. The molecule has 0 spiro atoms. The van der Waals surface area contributed by atoms with Gasteiger partial charge in [0.05, 0.1) is 25.9 Å². The summed E-state index contributed by atoms with van der Waals surface area (Å²) in [4.78, 5) is 27.5. The Morgan fingerprint density at radius 1 is 1.37 bits per heavy atom. The molecule has 0 bridgehead atoms. The maximum atomic E-state index is 11.6. The number of primary amides is 1. The molecular formula is C19H23N3O5. The number of methoxy groups -OCH3 is 2. The van der Waals surface area contributed by atoms with Crippen LogP contribution in [0.3, 0.4) is 0 Å². The molecule has 1 saturated heterocycles. The third kappa shape index (κ3) is 4.11. The van der Waals surface area contributed by atoms with Gasteiger partial charge in [0.15, 0.2) is 0 Å². The molecule has 0 unspecified atom stereocenters. The van der Waals surface area contributed by atoms with Gasteiger partial charge in [0, 0.05) is 43.5 Å². The molecule has 144 valence electrons. The smallest absolute Gasteiger partial charge is 0.252 e. The minimum atomic E-state index is -0.561. The SMILES string of the molecule is COC[C@@H]1CC(=O)N[C@@H]1CCOc1nccc2cc(C(N)=O)c(OC)cc12. The highest BCUT2D eigenvalue weighted by Gasteiger charge is 2.32. The van der Waals surface area contributed by atoms with Crippen molar-refractivity contribution in [1.29, 1.82) is 0 Å². The highest BCUT2D eigenvalue weighted by Crippen LogP contribution is 2.31. The van der Waals surface area contributed by atoms with Crippen molar-refractivity contribution in [1.82, 2.24) is 10.3 Å². The number of ether oxygens (including phenoxy) is 3. The van der Waals surface area contributed by atoms with Crippen LogP contribution >= 0.6 is 0 Å². The van der Waals surface area contributed by atoms with Crippen molar-refractivity contribution in [2.75, 3.05) is 27.4 Å². The molecule has 1 aliphatic heterocycles. The van der Waals surface area contributed by atoms with E-state index in [1.807, 2.05) is 0 Å². The van der Waals surface area contributed by atoms with E-state index >= 15 is 0 Å². The van der Waals surface area contributed by atoms with Gasteiger partial charge in [0.2, 0.25) is 11.8 Å². The second kappa shape index (κ2) is 8.22. The zero-order valence-electron chi connectivity index (χ0n) is 15.4. The Labute approximate surface area is 157 Å². The minimum Gasteiger partial charge on any atom is -0.496 e. The first-order valence-electron chi connectivity index (χ1n) is 8.71. The highest BCUT2D eigenvalue weighted by molar-refractivity contribution is 6.01. The van der Waals surface area contributed by atoms with Gasteiger partial charge >= 0.3 is 0 Å². The van der Waals surface area contributed by atoms with Gasteiger partial charge in [-0.05, 0) is 23.6 Å². The number of hydrogen-bond acceptors (Lipinski definition) is 6. The van der Waals surface area contributed by atoms with Gasteiger partial charge in [-0.1, -0.05) is 0 Å². The summed E-state index contributed by atoms with van der Waals surface area (Å²) in [6, 6.07) is 5.16. The van der Waals surface area contributed by atoms with E-state index in [0.717, 1.165) is 10.8 Å². The minimum absolute atomic E-state index is 0.0171. The predicted molar refractivity (Wildman–Crippen MR) is 98.8 cm³/mol. The monoisotopic (exact) mass is 373 g/mol. The van der Waals surface area contributed by atoms with E-state index in [4.69, 9.17) is 19.9 Å². The molecular weight excluding hydrogens is 350 g/mol. The average Bonchev–Trinajstić information content (AvgIpc) is 3.00. The maximum Gasteiger partial charge on any atom is 0.252 e. The molecule has 0 radical (unpaired) electrons. The van der Waals surface area contributed by atoms with E-state index < -0.39 is 5.91 Å². The number of nitrogens with one attached hydrogen (secondary N) is 1. The molecule has 2 aromatic rings. The Morgan fingerprint density at radius 3 is 2.89 bits per heavy atom. The van der Waals surface area contributed by atoms with Crippen LogP contribution in [-0.2, 0) is 9.53 Å². The lowest BCUT2D eigenvalue weighted by Gasteiger charge is -2.18. The number of carbonyl (C=O) groups is 2. The zero-order chi connectivity index (χ0) is 19.4. The van der Waals surface area contributed by atoms with Crippen molar-refractivity contribution in [3.05, 3.63) is 30.0 Å². The zero-order valence-corrected chi connectivity index (χ0v) is 15.4. The number of carbonyl (C=O) groups excluding carboxylic acids is 2. The van der Waals surface area contributed by atoms with Crippen LogP contribution in [0.4, 0.5) is 0 Å². The standard InChI is InChI=1S/C19H23N3O5/c1-25-10-12-8-17(23)22-15(12)4-6-27-19-13-9-16(26-2)14(18(20)24)7-11(13)3-5-21-19/h3,5,7,9,12,15H,4,6,8,10H2,1-2H3,(H2,20,24)(H,22,23)/t12-,15+/m0/s1. The second-order valence-electron chi connectivity index (χ2n) is 6.48. The van der Waals surface area contributed by atoms with Crippen LogP contribution < -0.4 is 20.5 Å². The summed E-state index contributed by atoms with van der Waals surface area (Å²) in [7, 11) is 3.10. The van der Waals surface area contributed by atoms with Crippen LogP contribution in [0.2, 0.25) is 0 Å². The van der Waals surface area contributed by atoms with Gasteiger partial charge in [0.1, 0.15) is 5.75 Å². The number of amides is 2. The summed E-state index contributed by atoms with van der Waals surface area (Å²) in [6.07, 6.45) is 2.73. The van der Waals surface area contributed by atoms with E-state index in [1.165, 1.54) is 7.11 Å². The van der Waals surface area contributed by atoms with Crippen molar-refractivity contribution < 1.29 is 23.8 Å². The first-order chi connectivity index (χ1) is 13.0. The fourth-order valence-corrected chi connectivity index (χ4v) is 3.39. The molecule has 2 amide bonds. The quantitative estimate of drug-likeness (QED) is 0.720. The van der Waals surface area contributed by atoms with E-state index in [0.29, 0.717) is 43.2 Å². The number of nitrogens with zero attached hydrogens (tertiary/aromatic N) is 1. The highest BCUT2D eigenvalue weighted by atomic mass is 16.5. The Morgan fingerprint density at radius 2 is 2.19 bits per heavy atom. The van der Waals surface area contributed by atoms with Crippen molar-refractivity contribution in [2.24, 2.45) is 11.7 Å². The van der Waals surface area contributed by atoms with E-state index in [-0.39, 0.29) is 17.9 Å². The molecule has 8 heteroatoms. The maximum absolute atomic E-state index is 11.6. The Kier molecular flexibility index (Phi) is 5.75. The normalized spacial score (nSPS) is 19.1. The molecule has 27 heavy (non-hydrogen) atoms. The van der Waals surface area contributed by atoms with Crippen LogP contribution in [0.1, 0.15) is 23.2 Å². The molecule has 1 aliphatic rings. The topological polar surface area (TPSA) is 113 Å². The molecule has 1 aromatic carbocycles. The van der Waals surface area contributed by atoms with Crippen molar-refractivity contribution in [2.45, 2.75) is 18.9 Å². The lowest BCUT2D eigenvalue weighted by atomic mass is 9.99. The van der Waals surface area contributed by atoms with Crippen molar-refractivity contribution in [3.63, 3.8) is 0 Å². The summed E-state index contributed by atoms with van der Waals surface area (Å²) in [5, 5.41) is 4.46. The Bertz CT molecular complexity index is 855. The fraction of sp³-hybridized carbons (Fsp3) is 0.421. The number of fused-ring (bicyclic) bond motifs is 1. The molecule has 3 N–H and O–H groups in total. The van der Waals surface area contributed by atoms with E-state index in [9.17, 15) is 9.59 Å². The summed E-state index contributed by atoms with van der Waals surface area (Å²) >= 11 is 0. The number of aromatic nitrogens is 1. The number of rotatable bonds is 8. The van der Waals surface area contributed by atoms with Crippen LogP contribution in [-0.4, -0.2) is 50.3 Å². The third-order valence-electron chi connectivity index (χ3n) is 4.72. The van der Waals surface area contributed by atoms with Gasteiger partial charge in [-0.15, -0.1) is 0 Å². The predicted octanol–water partition coefficient (Wildman–Crippen LogP) is 1.26. The van der Waals surface area contributed by atoms with Gasteiger partial charge < -0.3 is 25.3 Å². The van der Waals surface area contributed by atoms with Gasteiger partial charge in [0.25, 0.3) is 5.91 Å². The molecule has 2 atom stereocenters. The Balaban J connectivity index is 1.75. The van der Waals surface area contributed by atoms with Crippen LogP contribution in [0.5, 0.6) is 11.6 Å². The van der Waals surface area contributed by atoms with Gasteiger partial charge in [-0.3, -0.25) is 9.59 Å². The van der Waals surface area contributed by atoms with Gasteiger partial charge in [-0.25, -0.2) is 4.98 Å².